The van der Waals surface area contributed by atoms with Gasteiger partial charge < -0.3 is 20.7 Å². The van der Waals surface area contributed by atoms with Gasteiger partial charge in [0.25, 0.3) is 5.91 Å². The van der Waals surface area contributed by atoms with Gasteiger partial charge in [-0.25, -0.2) is 0 Å². The molecule has 36 heavy (non-hydrogen) atoms. The summed E-state index contributed by atoms with van der Waals surface area (Å²) in [7, 11) is 1.67. The number of hydrogen-bond donors (Lipinski definition) is 2. The topological polar surface area (TPSA) is 87.9 Å². The Morgan fingerprint density at radius 1 is 1.14 bits per heavy atom. The highest BCUT2D eigenvalue weighted by molar-refractivity contribution is 7.12. The molecule has 2 heterocycles. The van der Waals surface area contributed by atoms with Crippen LogP contribution >= 0.6 is 11.3 Å². The summed E-state index contributed by atoms with van der Waals surface area (Å²) < 4.78 is 5.44. The van der Waals surface area contributed by atoms with Crippen LogP contribution in [0.5, 0.6) is 5.75 Å². The van der Waals surface area contributed by atoms with E-state index in [0.29, 0.717) is 44.0 Å². The van der Waals surface area contributed by atoms with Crippen molar-refractivity contribution in [1.82, 2.24) is 15.1 Å². The fourth-order valence-corrected chi connectivity index (χ4v) is 5.41. The number of methoxy groups -OCH3 is 1. The number of nitrogens with zero attached hydrogens (tertiary/aromatic N) is 2. The molecule has 1 aromatic heterocycles. The summed E-state index contributed by atoms with van der Waals surface area (Å²) in [5.41, 5.74) is 9.19. The van der Waals surface area contributed by atoms with E-state index >= 15 is 0 Å². The van der Waals surface area contributed by atoms with Gasteiger partial charge in [-0.15, -0.1) is 11.3 Å². The molecule has 2 unspecified atom stereocenters. The summed E-state index contributed by atoms with van der Waals surface area (Å²) in [5, 5.41) is 4.78. The van der Waals surface area contributed by atoms with E-state index in [4.69, 9.17) is 10.5 Å². The number of nitrogens with one attached hydrogen (secondary N) is 1. The highest BCUT2D eigenvalue weighted by Crippen LogP contribution is 2.29. The van der Waals surface area contributed by atoms with E-state index in [1.807, 2.05) is 41.8 Å². The van der Waals surface area contributed by atoms with Crippen LogP contribution < -0.4 is 15.8 Å². The van der Waals surface area contributed by atoms with Gasteiger partial charge in [-0.3, -0.25) is 14.5 Å². The van der Waals surface area contributed by atoms with Gasteiger partial charge in [-0.05, 0) is 53.6 Å². The monoisotopic (exact) mass is 506 g/mol. The molecule has 0 spiro atoms. The van der Waals surface area contributed by atoms with Gasteiger partial charge in [0.05, 0.1) is 12.0 Å². The molecular weight excluding hydrogens is 472 g/mol. The Labute approximate surface area is 216 Å². The lowest BCUT2D eigenvalue weighted by Crippen LogP contribution is -2.46. The second-order valence-corrected chi connectivity index (χ2v) is 10.1. The summed E-state index contributed by atoms with van der Waals surface area (Å²) in [4.78, 5) is 31.3. The minimum atomic E-state index is -0.541. The number of carbonyl (C=O) groups excluding carboxylic acids is 2. The van der Waals surface area contributed by atoms with Crippen molar-refractivity contribution in [1.29, 1.82) is 0 Å². The van der Waals surface area contributed by atoms with Crippen LogP contribution in [0.25, 0.3) is 0 Å². The molecule has 7 nitrogen and oxygen atoms in total. The lowest BCUT2D eigenvalue weighted by molar-refractivity contribution is -0.124. The van der Waals surface area contributed by atoms with Gasteiger partial charge in [-0.1, -0.05) is 42.5 Å². The average molecular weight is 507 g/mol. The third-order valence-electron chi connectivity index (χ3n) is 6.69. The van der Waals surface area contributed by atoms with E-state index in [0.717, 1.165) is 11.3 Å². The largest absolute Gasteiger partial charge is 0.497 e. The van der Waals surface area contributed by atoms with Gasteiger partial charge >= 0.3 is 0 Å². The van der Waals surface area contributed by atoms with Crippen molar-refractivity contribution in [2.24, 2.45) is 5.73 Å². The number of hydrogen-bond acceptors (Lipinski definition) is 6. The molecule has 2 amide bonds. The summed E-state index contributed by atoms with van der Waals surface area (Å²) in [5.74, 6) is 0.561. The normalized spacial score (nSPS) is 17.4. The molecule has 2 atom stereocenters. The predicted octanol–water partition coefficient (Wildman–Crippen LogP) is 3.43. The molecule has 4 rings (SSSR count). The van der Waals surface area contributed by atoms with Gasteiger partial charge in [0.1, 0.15) is 11.8 Å². The van der Waals surface area contributed by atoms with Gasteiger partial charge in [0, 0.05) is 38.8 Å². The van der Waals surface area contributed by atoms with Gasteiger partial charge in [-0.2, -0.15) is 0 Å². The first-order valence-electron chi connectivity index (χ1n) is 12.2. The predicted molar refractivity (Wildman–Crippen MR) is 143 cm³/mol. The van der Waals surface area contributed by atoms with Crippen molar-refractivity contribution in [2.45, 2.75) is 38.5 Å². The summed E-state index contributed by atoms with van der Waals surface area (Å²) in [6, 6.07) is 19.5. The number of carbonyl (C=O) groups is 2. The van der Waals surface area contributed by atoms with Crippen molar-refractivity contribution < 1.29 is 14.3 Å². The Morgan fingerprint density at radius 2 is 1.97 bits per heavy atom. The van der Waals surface area contributed by atoms with Crippen LogP contribution in [0, 0.1) is 6.92 Å². The molecule has 3 N–H and O–H groups in total. The average Bonchev–Trinajstić information content (AvgIpc) is 3.59. The molecule has 2 aromatic carbocycles. The Bertz CT molecular complexity index is 1170. The first kappa shape index (κ1) is 25.9. The second-order valence-electron chi connectivity index (χ2n) is 9.10. The Hall–Kier alpha value is -3.20. The van der Waals surface area contributed by atoms with Crippen molar-refractivity contribution in [3.8, 4) is 5.75 Å². The van der Waals surface area contributed by atoms with Crippen molar-refractivity contribution in [2.75, 3.05) is 26.7 Å². The number of nitrogens with two attached hydrogens (primary N) is 1. The maximum Gasteiger partial charge on any atom is 0.264 e. The summed E-state index contributed by atoms with van der Waals surface area (Å²) in [6.07, 6.45) is 0.559. The Balaban J connectivity index is 1.63. The lowest BCUT2D eigenvalue weighted by Gasteiger charge is -2.30. The van der Waals surface area contributed by atoms with Crippen LogP contribution in [0.15, 0.2) is 66.0 Å². The van der Waals surface area contributed by atoms with E-state index in [1.165, 1.54) is 22.5 Å². The van der Waals surface area contributed by atoms with Gasteiger partial charge in [0.15, 0.2) is 0 Å². The summed E-state index contributed by atoms with van der Waals surface area (Å²) >= 11 is 1.40. The van der Waals surface area contributed by atoms with Crippen LogP contribution in [0.1, 0.15) is 32.8 Å². The molecule has 1 aliphatic heterocycles. The third kappa shape index (κ3) is 6.13. The zero-order valence-corrected chi connectivity index (χ0v) is 21.7. The number of ether oxygens (including phenoxy) is 1. The molecule has 1 aliphatic rings. The molecule has 3 aromatic rings. The van der Waals surface area contributed by atoms with Crippen LogP contribution in [0.3, 0.4) is 0 Å². The van der Waals surface area contributed by atoms with E-state index < -0.39 is 6.04 Å². The number of amides is 2. The number of thiophene rings is 1. The maximum absolute atomic E-state index is 13.4. The molecule has 0 aliphatic carbocycles. The smallest absolute Gasteiger partial charge is 0.264 e. The first-order chi connectivity index (χ1) is 17.5. The zero-order chi connectivity index (χ0) is 25.5. The summed E-state index contributed by atoms with van der Waals surface area (Å²) in [6.45, 7) is 4.73. The Morgan fingerprint density at radius 3 is 2.69 bits per heavy atom. The molecule has 0 saturated carbocycles. The quantitative estimate of drug-likeness (QED) is 0.440. The van der Waals surface area contributed by atoms with Crippen LogP contribution in [0.4, 0.5) is 0 Å². The highest BCUT2D eigenvalue weighted by atomic mass is 32.1. The molecular formula is C28H34N4O3S. The third-order valence-corrected chi connectivity index (χ3v) is 7.55. The van der Waals surface area contributed by atoms with E-state index in [9.17, 15) is 9.59 Å². The fourth-order valence-electron chi connectivity index (χ4n) is 4.73. The molecule has 1 saturated heterocycles. The minimum Gasteiger partial charge on any atom is -0.497 e. The molecule has 0 radical (unpaired) electrons. The first-order valence-corrected chi connectivity index (χ1v) is 13.1. The number of rotatable bonds is 10. The molecule has 8 heteroatoms. The lowest BCUT2D eigenvalue weighted by atomic mass is 10.0. The zero-order valence-electron chi connectivity index (χ0n) is 20.9. The van der Waals surface area contributed by atoms with E-state index in [-0.39, 0.29) is 17.9 Å². The maximum atomic E-state index is 13.4. The highest BCUT2D eigenvalue weighted by Gasteiger charge is 2.42. The molecule has 190 valence electrons. The number of benzene rings is 2. The Kier molecular flexibility index (Phi) is 8.74. The van der Waals surface area contributed by atoms with Crippen LogP contribution in [-0.4, -0.2) is 60.4 Å². The van der Waals surface area contributed by atoms with Crippen LogP contribution in [-0.2, 0) is 17.9 Å². The van der Waals surface area contributed by atoms with Crippen molar-refractivity contribution in [3.05, 3.63) is 87.6 Å². The second kappa shape index (κ2) is 12.2. The molecule has 0 bridgehead atoms. The standard InChI is InChI=1S/C28H34N4O3S/c1-20-7-3-4-9-22(20)18-31(17-21-8-5-10-24(15-21)35-2)23-16-25(27(33)30-13-12-29)32(19-23)28(34)26-11-6-14-36-26/h3-11,14-15,23,25H,12-13,16-19,29H2,1-2H3,(H,30,33). The van der Waals surface area contributed by atoms with E-state index in [1.54, 1.807) is 12.0 Å². The van der Waals surface area contributed by atoms with Crippen LogP contribution in [0.2, 0.25) is 0 Å². The van der Waals surface area contributed by atoms with Crippen molar-refractivity contribution in [3.63, 3.8) is 0 Å². The number of aryl methyl sites for hydroxylation is 1. The molecule has 1 fully saturated rings. The SMILES string of the molecule is COc1cccc(CN(Cc2ccccc2C)C2CC(C(=O)NCCN)N(C(=O)c3cccs3)C2)c1. The van der Waals surface area contributed by atoms with Crippen molar-refractivity contribution >= 4 is 23.2 Å². The minimum absolute atomic E-state index is 0.00773. The fraction of sp³-hybridized carbons (Fsp3) is 0.357. The number of likely N-dealkylation sites (tertiary alicyclic amines) is 1. The van der Waals surface area contributed by atoms with Gasteiger partial charge in [0.2, 0.25) is 5.91 Å². The van der Waals surface area contributed by atoms with E-state index in [2.05, 4.69) is 41.4 Å².